The van der Waals surface area contributed by atoms with Gasteiger partial charge in [-0.15, -0.1) is 0 Å². The van der Waals surface area contributed by atoms with E-state index in [9.17, 15) is 24.0 Å². The van der Waals surface area contributed by atoms with Gasteiger partial charge in [-0.2, -0.15) is 4.98 Å². The maximum absolute atomic E-state index is 12.9. The Morgan fingerprint density at radius 1 is 0.838 bits per heavy atom. The predicted molar refractivity (Wildman–Crippen MR) is 251 cm³/mol. The van der Waals surface area contributed by atoms with Crippen LogP contribution in [0.5, 0.6) is 23.0 Å². The van der Waals surface area contributed by atoms with Crippen LogP contribution in [0, 0.1) is 0 Å². The van der Waals surface area contributed by atoms with Gasteiger partial charge < -0.3 is 53.4 Å². The molecule has 3 N–H and O–H groups in total. The Kier molecular flexibility index (Phi) is 15.5. The third-order valence-electron chi connectivity index (χ3n) is 11.7. The van der Waals surface area contributed by atoms with Crippen LogP contribution in [0.1, 0.15) is 48.0 Å². The Morgan fingerprint density at radius 3 is 2.35 bits per heavy atom. The molecule has 5 aromatic rings. The van der Waals surface area contributed by atoms with Gasteiger partial charge in [-0.3, -0.25) is 29.3 Å². The van der Waals surface area contributed by atoms with E-state index in [1.54, 1.807) is 31.4 Å². The van der Waals surface area contributed by atoms with Gasteiger partial charge in [0.1, 0.15) is 41.0 Å². The van der Waals surface area contributed by atoms with E-state index in [4.69, 9.17) is 45.0 Å². The lowest BCUT2D eigenvalue weighted by Gasteiger charge is -2.32. The van der Waals surface area contributed by atoms with E-state index >= 15 is 0 Å². The van der Waals surface area contributed by atoms with Gasteiger partial charge in [0, 0.05) is 82.7 Å². The van der Waals surface area contributed by atoms with Crippen molar-refractivity contribution in [2.24, 2.45) is 7.05 Å². The summed E-state index contributed by atoms with van der Waals surface area (Å²) in [4.78, 5) is 74.1. The fourth-order valence-corrected chi connectivity index (χ4v) is 8.24. The van der Waals surface area contributed by atoms with Crippen LogP contribution in [0.15, 0.2) is 77.7 Å². The number of nitrogens with zero attached hydrogens (tertiary/aromatic N) is 5. The van der Waals surface area contributed by atoms with Gasteiger partial charge in [0.25, 0.3) is 17.4 Å². The molecule has 0 saturated carbocycles. The molecule has 19 nitrogen and oxygen atoms in total. The van der Waals surface area contributed by atoms with E-state index in [-0.39, 0.29) is 48.2 Å². The first kappa shape index (κ1) is 47.5. The Morgan fingerprint density at radius 2 is 1.57 bits per heavy atom. The number of nitrogens with one attached hydrogen (secondary N) is 3. The van der Waals surface area contributed by atoms with Crippen LogP contribution in [0.25, 0.3) is 10.9 Å². The number of piperidine rings is 2. The summed E-state index contributed by atoms with van der Waals surface area (Å²) in [5, 5.41) is 9.15. The van der Waals surface area contributed by atoms with Crippen LogP contribution in [-0.4, -0.2) is 122 Å². The largest absolute Gasteiger partial charge is 0.494 e. The van der Waals surface area contributed by atoms with Gasteiger partial charge in [0.15, 0.2) is 18.2 Å². The minimum Gasteiger partial charge on any atom is -0.494 e. The second-order valence-corrected chi connectivity index (χ2v) is 16.8. The van der Waals surface area contributed by atoms with Crippen molar-refractivity contribution in [1.29, 1.82) is 0 Å². The molecule has 4 amide bonds. The molecule has 5 heterocycles. The minimum atomic E-state index is -0.654. The maximum atomic E-state index is 12.9. The summed E-state index contributed by atoms with van der Waals surface area (Å²) < 4.78 is 36.3. The number of hydrogen-bond acceptors (Lipinski definition) is 15. The predicted octanol–water partition coefficient (Wildman–Crippen LogP) is 4.54. The van der Waals surface area contributed by atoms with Crippen molar-refractivity contribution in [3.05, 3.63) is 99.4 Å². The fraction of sp³-hybridized carbons (Fsp3) is 0.396. The minimum absolute atomic E-state index is 0.0229. The van der Waals surface area contributed by atoms with Crippen LogP contribution in [0.3, 0.4) is 0 Å². The topological polar surface area (TPSA) is 214 Å². The molecule has 358 valence electrons. The zero-order valence-electron chi connectivity index (χ0n) is 37.8. The number of carbonyl (C=O) groups excluding carboxylic acids is 4. The number of hydrogen-bond donors (Lipinski definition) is 3. The first-order chi connectivity index (χ1) is 33.0. The first-order valence-corrected chi connectivity index (χ1v) is 22.9. The fourth-order valence-electron chi connectivity index (χ4n) is 8.10. The van der Waals surface area contributed by atoms with E-state index in [0.29, 0.717) is 111 Å². The number of aryl methyl sites for hydroxylation is 1. The number of pyridine rings is 1. The van der Waals surface area contributed by atoms with Crippen molar-refractivity contribution < 1.29 is 47.6 Å². The van der Waals surface area contributed by atoms with Crippen molar-refractivity contribution in [3.63, 3.8) is 0 Å². The van der Waals surface area contributed by atoms with Gasteiger partial charge in [-0.05, 0) is 78.7 Å². The number of fused-ring (bicyclic) bond motifs is 2. The second-order valence-electron chi connectivity index (χ2n) is 16.4. The molecule has 3 aromatic carbocycles. The van der Waals surface area contributed by atoms with Crippen LogP contribution in [0.2, 0.25) is 5.02 Å². The smallest absolute Gasteiger partial charge is 0.293 e. The lowest BCUT2D eigenvalue weighted by atomic mass is 10.0. The summed E-state index contributed by atoms with van der Waals surface area (Å²) in [6.45, 7) is 3.97. The van der Waals surface area contributed by atoms with Gasteiger partial charge in [-0.25, -0.2) is 4.98 Å². The summed E-state index contributed by atoms with van der Waals surface area (Å²) >= 11 is 6.53. The number of aromatic nitrogens is 3. The lowest BCUT2D eigenvalue weighted by molar-refractivity contribution is -0.137. The molecular formula is C48H53ClN8O11. The van der Waals surface area contributed by atoms with E-state index in [1.807, 2.05) is 48.5 Å². The van der Waals surface area contributed by atoms with Crippen molar-refractivity contribution >= 4 is 63.6 Å². The van der Waals surface area contributed by atoms with Crippen LogP contribution >= 0.6 is 11.6 Å². The Labute approximate surface area is 396 Å². The molecule has 2 fully saturated rings. The van der Waals surface area contributed by atoms with Crippen molar-refractivity contribution in [3.8, 4) is 23.0 Å². The summed E-state index contributed by atoms with van der Waals surface area (Å²) in [5.41, 5.74) is 2.35. The number of amides is 4. The molecule has 0 spiro atoms. The average molecular weight is 953 g/mol. The molecule has 0 radical (unpaired) electrons. The van der Waals surface area contributed by atoms with Gasteiger partial charge in [0.05, 0.1) is 38.1 Å². The lowest BCUT2D eigenvalue weighted by Crippen LogP contribution is -2.52. The molecule has 20 heteroatoms. The molecule has 3 aliphatic rings. The summed E-state index contributed by atoms with van der Waals surface area (Å²) in [7, 11) is 3.15. The molecule has 2 saturated heterocycles. The van der Waals surface area contributed by atoms with E-state index in [1.165, 1.54) is 16.5 Å². The Hall–Kier alpha value is -6.96. The molecule has 3 aliphatic heterocycles. The van der Waals surface area contributed by atoms with Crippen molar-refractivity contribution in [2.45, 2.75) is 50.8 Å². The molecule has 2 aromatic heterocycles. The third-order valence-corrected chi connectivity index (χ3v) is 12.0. The van der Waals surface area contributed by atoms with Gasteiger partial charge in [-0.1, -0.05) is 11.6 Å². The maximum Gasteiger partial charge on any atom is 0.293 e. The Balaban J connectivity index is 0.689. The number of imide groups is 1. The number of benzene rings is 3. The second kappa shape index (κ2) is 22.2. The molecule has 0 aliphatic carbocycles. The third kappa shape index (κ3) is 11.8. The van der Waals surface area contributed by atoms with Crippen LogP contribution in [0.4, 0.5) is 17.5 Å². The quantitative estimate of drug-likeness (QED) is 0.0681. The van der Waals surface area contributed by atoms with Gasteiger partial charge in [0.2, 0.25) is 17.8 Å². The zero-order chi connectivity index (χ0) is 47.6. The zero-order valence-corrected chi connectivity index (χ0v) is 38.6. The first-order valence-electron chi connectivity index (χ1n) is 22.5. The molecular weight excluding hydrogens is 900 g/mol. The highest BCUT2D eigenvalue weighted by atomic mass is 35.5. The van der Waals surface area contributed by atoms with Gasteiger partial charge >= 0.3 is 0 Å². The average Bonchev–Trinajstić information content (AvgIpc) is 3.67. The highest BCUT2D eigenvalue weighted by Crippen LogP contribution is 2.32. The van der Waals surface area contributed by atoms with E-state index in [0.717, 1.165) is 35.3 Å². The molecule has 68 heavy (non-hydrogen) atoms. The van der Waals surface area contributed by atoms with Crippen LogP contribution in [-0.2, 0) is 37.4 Å². The number of rotatable bonds is 21. The number of likely N-dealkylation sites (N-methyl/N-ethyl adjacent to an activating group) is 1. The number of carbonyl (C=O) groups is 4. The normalized spacial score (nSPS) is 16.1. The summed E-state index contributed by atoms with van der Waals surface area (Å²) in [5.74, 6) is 1.86. The monoisotopic (exact) mass is 952 g/mol. The summed E-state index contributed by atoms with van der Waals surface area (Å²) in [6, 6.07) is 19.3. The summed E-state index contributed by atoms with van der Waals surface area (Å²) in [6.07, 6.45) is 4.38. The van der Waals surface area contributed by atoms with Crippen molar-refractivity contribution in [1.82, 2.24) is 30.1 Å². The number of anilines is 3. The molecule has 8 rings (SSSR count). The van der Waals surface area contributed by atoms with E-state index < -0.39 is 11.9 Å². The highest BCUT2D eigenvalue weighted by molar-refractivity contribution is 6.33. The van der Waals surface area contributed by atoms with E-state index in [2.05, 4.69) is 25.8 Å². The number of ether oxygens (including phenoxy) is 6. The molecule has 1 unspecified atom stereocenters. The number of halogens is 1. The van der Waals surface area contributed by atoms with Crippen LogP contribution < -0.4 is 45.4 Å². The Bertz CT molecular complexity index is 2690. The highest BCUT2D eigenvalue weighted by Gasteiger charge is 2.39. The van der Waals surface area contributed by atoms with Crippen molar-refractivity contribution in [2.75, 3.05) is 76.6 Å². The SMILES string of the molecule is CNC(=O)COc1cc2cc(Nc3nc(N4CCC(Oc5ccc(OCCCOCCOCCOc6ccc7c(c6)CN(C6CCC(=O)NC6=O)C7=O)cc5)CC4)ncc3Cl)ccc2n(C)c1=O. The molecule has 0 bridgehead atoms. The standard InChI is InChI=1S/C48H53ClN8O11/c1-50-43(59)29-67-41-26-30-24-32(4-11-39(30)55(2)47(41)62)52-44-38(49)27-51-48(54-44)56-16-14-35(15-17-56)68-34-7-5-33(6-8-34)65-19-3-18-63-20-21-64-22-23-66-36-9-10-37-31(25-36)28-57(46(37)61)40-12-13-42(58)53-45(40)60/h4-11,24-27,35,40H,3,12-23,28-29H2,1-2H3,(H,50,59)(H,51,52,54)(H,53,58,60). The molecule has 1 atom stereocenters.